The largest absolute Gasteiger partial charge is 0.496 e. The molecule has 13 heterocycles. The summed E-state index contributed by atoms with van der Waals surface area (Å²) < 4.78 is 42.9. The molecule has 8 aromatic rings. The fraction of sp³-hybridized carbons (Fsp3) is 0.429. The summed E-state index contributed by atoms with van der Waals surface area (Å²) in [7, 11) is 11.1. The van der Waals surface area contributed by atoms with Crippen LogP contribution in [-0.4, -0.2) is 172 Å². The minimum absolute atomic E-state index is 0.0127. The van der Waals surface area contributed by atoms with Crippen molar-refractivity contribution in [1.82, 2.24) is 59.8 Å². The fourth-order valence-electron chi connectivity index (χ4n) is 15.5. The predicted octanol–water partition coefficient (Wildman–Crippen LogP) is 13.4. The van der Waals surface area contributed by atoms with Crippen LogP contribution in [0, 0.1) is 23.7 Å². The maximum absolute atomic E-state index is 13.3. The van der Waals surface area contributed by atoms with Gasteiger partial charge >= 0.3 is 0 Å². The first-order chi connectivity index (χ1) is 57.8. The van der Waals surface area contributed by atoms with Crippen molar-refractivity contribution in [2.75, 3.05) is 132 Å². The third-order valence-electron chi connectivity index (χ3n) is 21.3. The average molecular weight is 1720 g/mol. The van der Waals surface area contributed by atoms with E-state index in [1.807, 2.05) is 63.9 Å². The van der Waals surface area contributed by atoms with E-state index in [0.29, 0.717) is 163 Å². The number of methoxy groups -OCH3 is 7. The summed E-state index contributed by atoms with van der Waals surface area (Å²) in [5.41, 5.74) is 31.2. The lowest BCUT2D eigenvalue weighted by atomic mass is 9.86. The Balaban J connectivity index is 0.000000147. The quantitative estimate of drug-likeness (QED) is 0.0407. The number of hydrogen-bond donors (Lipinski definition) is 4. The summed E-state index contributed by atoms with van der Waals surface area (Å²) in [5.74, 6) is 6.71. The van der Waals surface area contributed by atoms with Crippen molar-refractivity contribution in [2.24, 2.45) is 23.7 Å². The number of Topliss-reactive ketones (excluding diaryl/α,β-unsaturated/α-hetero) is 4. The fourth-order valence-corrected chi connectivity index (χ4v) is 16.6. The molecule has 0 unspecified atom stereocenters. The zero-order valence-electron chi connectivity index (χ0n) is 68.7. The van der Waals surface area contributed by atoms with Crippen LogP contribution in [0.1, 0.15) is 161 Å². The SMILES string of the molecule is CCc1cnc(CN2C/C(=C\C(C)C)C(=O)c3c(Cl)nc(N)nc32)cc1OC.COc1cnc(CN2C/C(=C\C3CCCC3)C(=O)c3c(Cl)nc(N)nc32)cc1OC.COc1cnc(CN2C/C(=C\C3CCCCC3)C(=O)c3c(Cl)nc(N)nc32)cc1OC.COc1cnc(CN2C/C(=C\C3CCOCC3)C(=O)c3c(Cl)nc(N)nc32)cc1OC. The van der Waals surface area contributed by atoms with E-state index < -0.39 is 0 Å². The molecule has 8 N–H and O–H groups in total. The number of halogens is 4. The first-order valence-corrected chi connectivity index (χ1v) is 41.0. The highest BCUT2D eigenvalue weighted by atomic mass is 35.5. The van der Waals surface area contributed by atoms with Gasteiger partial charge in [0, 0.05) is 97.7 Å². The van der Waals surface area contributed by atoms with E-state index in [9.17, 15) is 19.2 Å². The van der Waals surface area contributed by atoms with Gasteiger partial charge in [-0.3, -0.25) is 39.1 Å². The minimum Gasteiger partial charge on any atom is -0.496 e. The van der Waals surface area contributed by atoms with Crippen molar-refractivity contribution in [3.8, 4) is 40.2 Å². The molecule has 0 bridgehead atoms. The molecule has 7 aliphatic rings. The molecule has 0 spiro atoms. The van der Waals surface area contributed by atoms with Gasteiger partial charge in [0.25, 0.3) is 0 Å². The maximum atomic E-state index is 13.3. The lowest BCUT2D eigenvalue weighted by Gasteiger charge is -2.32. The van der Waals surface area contributed by atoms with E-state index in [1.54, 1.807) is 80.5 Å². The van der Waals surface area contributed by atoms with E-state index >= 15 is 0 Å². The molecule has 0 radical (unpaired) electrons. The van der Waals surface area contributed by atoms with Crippen LogP contribution in [-0.2, 0) is 37.3 Å². The topological polar surface area (TPSA) is 414 Å². The van der Waals surface area contributed by atoms with E-state index in [4.69, 9.17) is 107 Å². The predicted molar refractivity (Wildman–Crippen MR) is 459 cm³/mol. The normalized spacial score (nSPS) is 17.5. The second-order valence-corrected chi connectivity index (χ2v) is 31.3. The molecule has 32 nitrogen and oxygen atoms in total. The summed E-state index contributed by atoms with van der Waals surface area (Å²) in [5, 5.41) is 0.269. The Kier molecular flexibility index (Phi) is 29.4. The summed E-state index contributed by atoms with van der Waals surface area (Å²) in [6, 6.07) is 7.32. The van der Waals surface area contributed by atoms with E-state index in [0.717, 1.165) is 84.6 Å². The lowest BCUT2D eigenvalue weighted by molar-refractivity contribution is 0.0780. The van der Waals surface area contributed by atoms with Crippen LogP contribution < -0.4 is 75.7 Å². The van der Waals surface area contributed by atoms with Crippen LogP contribution in [0.25, 0.3) is 0 Å². The van der Waals surface area contributed by atoms with Gasteiger partial charge in [-0.05, 0) is 68.6 Å². The highest BCUT2D eigenvalue weighted by Gasteiger charge is 2.39. The number of ether oxygens (including phenoxy) is 8. The van der Waals surface area contributed by atoms with Crippen LogP contribution in [0.15, 0.2) is 95.6 Å². The Bertz CT molecular complexity index is 5110. The highest BCUT2D eigenvalue weighted by molar-refractivity contribution is 6.37. The number of nitrogens with two attached hydrogens (primary N) is 4. The van der Waals surface area contributed by atoms with Gasteiger partial charge in [0.1, 0.15) is 71.9 Å². The Labute approximate surface area is 715 Å². The van der Waals surface area contributed by atoms with E-state index in [1.165, 1.54) is 32.1 Å². The first-order valence-electron chi connectivity index (χ1n) is 39.5. The zero-order valence-corrected chi connectivity index (χ0v) is 71.7. The average Bonchev–Trinajstić information content (AvgIpc) is 0.854. The third-order valence-corrected chi connectivity index (χ3v) is 22.4. The van der Waals surface area contributed by atoms with Gasteiger partial charge in [0.05, 0.1) is 117 Å². The van der Waals surface area contributed by atoms with E-state index in [-0.39, 0.29) is 90.5 Å². The Morgan fingerprint density at radius 1 is 0.392 bits per heavy atom. The second-order valence-electron chi connectivity index (χ2n) is 29.9. The number of carbonyl (C=O) groups is 4. The number of ketones is 4. The van der Waals surface area contributed by atoms with Gasteiger partial charge in [-0.1, -0.05) is 124 Å². The van der Waals surface area contributed by atoms with Gasteiger partial charge in [-0.2, -0.15) is 19.9 Å². The van der Waals surface area contributed by atoms with Crippen molar-refractivity contribution in [3.05, 3.63) is 167 Å². The van der Waals surface area contributed by atoms with Crippen molar-refractivity contribution >= 4 is 117 Å². The van der Waals surface area contributed by atoms with E-state index in [2.05, 4.69) is 78.9 Å². The summed E-state index contributed by atoms with van der Waals surface area (Å²) in [6.07, 6.45) is 27.9. The molecule has 0 amide bonds. The van der Waals surface area contributed by atoms with Crippen LogP contribution >= 0.6 is 46.4 Å². The van der Waals surface area contributed by atoms with Gasteiger partial charge in [0.15, 0.2) is 57.6 Å². The molecular formula is C84H98Cl4N20O12. The molecule has 2 aliphatic carbocycles. The van der Waals surface area contributed by atoms with Crippen molar-refractivity contribution in [1.29, 1.82) is 0 Å². The van der Waals surface area contributed by atoms with Crippen LogP contribution in [0.3, 0.4) is 0 Å². The summed E-state index contributed by atoms with van der Waals surface area (Å²) in [4.78, 5) is 112. The highest BCUT2D eigenvalue weighted by Crippen LogP contribution is 2.42. The number of aryl methyl sites for hydroxylation is 1. The van der Waals surface area contributed by atoms with Gasteiger partial charge in [0.2, 0.25) is 23.8 Å². The van der Waals surface area contributed by atoms with Crippen LogP contribution in [0.2, 0.25) is 20.6 Å². The number of allylic oxidation sites excluding steroid dienone is 4. The number of hydrogen-bond acceptors (Lipinski definition) is 32. The molecular weight excluding hydrogens is 1620 g/mol. The van der Waals surface area contributed by atoms with Gasteiger partial charge in [-0.25, -0.2) is 19.9 Å². The Morgan fingerprint density at radius 2 is 0.667 bits per heavy atom. The second kappa shape index (κ2) is 40.2. The standard InChI is InChI=1S/C22H26ClN5O3.C21H24ClN5O4.C21H24ClN5O3.C20H24ClN5O2/c1-30-16-9-15(25-10-17(16)31-2)12-28-11-14(8-13-6-4-3-5-7-13)19(29)18-20(23)26-22(24)27-21(18)28;1-29-15-8-14(24-9-16(15)30-2)11-27-10-13(7-12-3-5-31-6-4-12)18(28)17-19(22)25-21(23)26-20(17)27;1-29-15-8-14(24-9-16(15)30-2)11-27-10-13(7-12-5-3-4-6-12)18(28)17-19(22)25-21(23)26-20(17)27;1-5-12-8-23-14(7-15(12)28-4)10-26-9-13(6-11(2)3)17(27)16-18(21)24-20(22)25-19(16)26/h8-10,13H,3-7,11-12H2,1-2H3,(H2,24,26,27);7-9,12H,3-6,10-11H2,1-2H3,(H2,23,25,26);7-9,12H,3-6,10-11H2,1-2H3,(H2,23,25,26);6-8,11H,5,9-10H2,1-4H3,(H2,22,24,25)/b14-8+;2*13-7+;13-6+. The zero-order chi connectivity index (χ0) is 85.6. The number of carbonyl (C=O) groups excluding carboxylic acids is 4. The van der Waals surface area contributed by atoms with Crippen molar-refractivity contribution in [3.63, 3.8) is 0 Å². The maximum Gasteiger partial charge on any atom is 0.223 e. The number of rotatable bonds is 20. The molecule has 15 rings (SSSR count). The van der Waals surface area contributed by atoms with Gasteiger partial charge < -0.3 is 80.4 Å². The molecule has 0 aromatic carbocycles. The molecule has 36 heteroatoms. The monoisotopic (exact) mass is 1720 g/mol. The van der Waals surface area contributed by atoms with Crippen molar-refractivity contribution in [2.45, 2.75) is 124 Å². The molecule has 120 heavy (non-hydrogen) atoms. The molecule has 634 valence electrons. The number of nitrogen functional groups attached to an aromatic ring is 4. The lowest BCUT2D eigenvalue weighted by Crippen LogP contribution is -2.36. The third kappa shape index (κ3) is 20.7. The van der Waals surface area contributed by atoms with Crippen LogP contribution in [0.4, 0.5) is 47.1 Å². The summed E-state index contributed by atoms with van der Waals surface area (Å²) in [6.45, 7) is 10.7. The number of nitrogens with zero attached hydrogens (tertiary/aromatic N) is 16. The van der Waals surface area contributed by atoms with Crippen LogP contribution in [0.5, 0.6) is 40.2 Å². The van der Waals surface area contributed by atoms with Gasteiger partial charge in [-0.15, -0.1) is 0 Å². The number of pyridine rings is 4. The molecule has 5 aliphatic heterocycles. The number of aromatic nitrogens is 12. The Morgan fingerprint density at radius 3 is 0.967 bits per heavy atom. The molecule has 3 fully saturated rings. The smallest absolute Gasteiger partial charge is 0.223 e. The number of fused-ring (bicyclic) bond motifs is 4. The molecule has 1 saturated heterocycles. The molecule has 2 saturated carbocycles. The van der Waals surface area contributed by atoms with Crippen molar-refractivity contribution < 1.29 is 57.1 Å². The summed E-state index contributed by atoms with van der Waals surface area (Å²) >= 11 is 25.3. The molecule has 8 aromatic heterocycles. The minimum atomic E-state index is -0.164. The first kappa shape index (κ1) is 88.0. The molecule has 0 atom stereocenters. The number of anilines is 8. The Hall–Kier alpha value is -11.3.